The number of para-hydroxylation sites is 1. The number of fused-ring (bicyclic) bond motifs is 1. The number of carboxylic acid groups (broad SMARTS) is 1. The van der Waals surface area contributed by atoms with Gasteiger partial charge in [-0.2, -0.15) is 0 Å². The van der Waals surface area contributed by atoms with E-state index in [1.165, 1.54) is 0 Å². The lowest BCUT2D eigenvalue weighted by Gasteiger charge is -2.07. The molecule has 1 heterocycles. The first-order valence-corrected chi connectivity index (χ1v) is 8.02. The Morgan fingerprint density at radius 3 is 2.81 bits per heavy atom. The Bertz CT molecular complexity index is 809. The van der Waals surface area contributed by atoms with Gasteiger partial charge in [-0.3, -0.25) is 19.9 Å². The van der Waals surface area contributed by atoms with Crippen LogP contribution in [0.5, 0.6) is 5.88 Å². The van der Waals surface area contributed by atoms with Crippen molar-refractivity contribution in [3.63, 3.8) is 0 Å². The van der Waals surface area contributed by atoms with Crippen LogP contribution < -0.4 is 21.5 Å². The van der Waals surface area contributed by atoms with Gasteiger partial charge in [-0.05, 0) is 25.0 Å². The lowest BCUT2D eigenvalue weighted by atomic mass is 10.2. The molecule has 0 saturated carbocycles. The van der Waals surface area contributed by atoms with Gasteiger partial charge in [-0.25, -0.2) is 4.98 Å². The van der Waals surface area contributed by atoms with E-state index < -0.39 is 17.9 Å². The zero-order valence-electron chi connectivity index (χ0n) is 14.1. The van der Waals surface area contributed by atoms with Crippen LogP contribution >= 0.6 is 0 Å². The van der Waals surface area contributed by atoms with E-state index in [0.717, 1.165) is 10.9 Å². The minimum absolute atomic E-state index is 0.0611. The Kier molecular flexibility index (Phi) is 6.86. The first kappa shape index (κ1) is 19.1. The number of ether oxygens (including phenoxy) is 1. The Labute approximate surface area is 150 Å². The van der Waals surface area contributed by atoms with Gasteiger partial charge in [0.25, 0.3) is 5.91 Å². The molecule has 0 aliphatic heterocycles. The van der Waals surface area contributed by atoms with Crippen molar-refractivity contribution < 1.29 is 19.4 Å². The van der Waals surface area contributed by atoms with Crippen molar-refractivity contribution in [2.24, 2.45) is 16.5 Å². The highest BCUT2D eigenvalue weighted by Crippen LogP contribution is 2.15. The summed E-state index contributed by atoms with van der Waals surface area (Å²) < 4.78 is 5.34. The summed E-state index contributed by atoms with van der Waals surface area (Å²) in [5.41, 5.74) is 11.7. The minimum atomic E-state index is -1.06. The summed E-state index contributed by atoms with van der Waals surface area (Å²) in [7, 11) is 0. The second-order valence-corrected chi connectivity index (χ2v) is 5.53. The summed E-state index contributed by atoms with van der Waals surface area (Å²) in [6.45, 7) is 0.00558. The van der Waals surface area contributed by atoms with Crippen LogP contribution in [0.3, 0.4) is 0 Å². The standard InChI is InChI=1S/C17H21N5O4/c18-12(16(24)25)5-3-9-20-17(19)22-14(23)10-26-15-8-7-11-4-1-2-6-13(11)21-15/h1-2,4,6-8,12H,3,5,9-10,18H2,(H,24,25)(H3,19,20,22,23). The third-order valence-corrected chi connectivity index (χ3v) is 3.46. The first-order chi connectivity index (χ1) is 12.5. The van der Waals surface area contributed by atoms with E-state index >= 15 is 0 Å². The number of carboxylic acids is 1. The number of hydrogen-bond acceptors (Lipinski definition) is 6. The molecule has 2 aromatic rings. The van der Waals surface area contributed by atoms with Gasteiger partial charge < -0.3 is 21.3 Å². The average Bonchev–Trinajstić information content (AvgIpc) is 2.63. The number of nitrogens with two attached hydrogens (primary N) is 2. The maximum Gasteiger partial charge on any atom is 0.320 e. The van der Waals surface area contributed by atoms with Crippen LogP contribution in [0, 0.1) is 0 Å². The largest absolute Gasteiger partial charge is 0.480 e. The molecule has 6 N–H and O–H groups in total. The number of aromatic nitrogens is 1. The second kappa shape index (κ2) is 9.33. The predicted molar refractivity (Wildman–Crippen MR) is 96.7 cm³/mol. The molecule has 0 aliphatic rings. The molecule has 1 aromatic carbocycles. The molecule has 0 radical (unpaired) electrons. The highest BCUT2D eigenvalue weighted by molar-refractivity contribution is 5.96. The number of aliphatic imine (C=N–C) groups is 1. The maximum absolute atomic E-state index is 11.8. The van der Waals surface area contributed by atoms with E-state index in [9.17, 15) is 9.59 Å². The molecule has 1 amide bonds. The van der Waals surface area contributed by atoms with E-state index in [-0.39, 0.29) is 25.5 Å². The van der Waals surface area contributed by atoms with Crippen LogP contribution in [0.15, 0.2) is 41.4 Å². The molecule has 0 saturated heterocycles. The van der Waals surface area contributed by atoms with E-state index in [2.05, 4.69) is 15.3 Å². The monoisotopic (exact) mass is 359 g/mol. The summed E-state index contributed by atoms with van der Waals surface area (Å²) >= 11 is 0. The molecule has 9 nitrogen and oxygen atoms in total. The van der Waals surface area contributed by atoms with Gasteiger partial charge in [0.1, 0.15) is 6.04 Å². The van der Waals surface area contributed by atoms with Gasteiger partial charge in [-0.15, -0.1) is 0 Å². The van der Waals surface area contributed by atoms with E-state index in [1.54, 1.807) is 6.07 Å². The topological polar surface area (TPSA) is 153 Å². The lowest BCUT2D eigenvalue weighted by Crippen LogP contribution is -2.39. The number of nitrogens with zero attached hydrogens (tertiary/aromatic N) is 2. The molecule has 1 aromatic heterocycles. The average molecular weight is 359 g/mol. The molecular formula is C17H21N5O4. The van der Waals surface area contributed by atoms with Gasteiger partial charge in [-0.1, -0.05) is 18.2 Å². The molecule has 0 aliphatic carbocycles. The van der Waals surface area contributed by atoms with Crippen molar-refractivity contribution in [3.8, 4) is 5.88 Å². The summed E-state index contributed by atoms with van der Waals surface area (Å²) in [5, 5.41) is 12.0. The van der Waals surface area contributed by atoms with Crippen LogP contribution in [-0.2, 0) is 9.59 Å². The molecule has 1 unspecified atom stereocenters. The molecule has 26 heavy (non-hydrogen) atoms. The van der Waals surface area contributed by atoms with Gasteiger partial charge in [0.2, 0.25) is 5.88 Å². The van der Waals surface area contributed by atoms with E-state index in [1.807, 2.05) is 30.3 Å². The molecule has 0 bridgehead atoms. The third kappa shape index (κ3) is 6.02. The molecule has 138 valence electrons. The molecule has 0 spiro atoms. The SMILES string of the molecule is NC(=NCCCC(N)C(=O)O)NC(=O)COc1ccc2ccccc2n1. The van der Waals surface area contributed by atoms with Crippen LogP contribution in [0.4, 0.5) is 0 Å². The molecule has 0 fully saturated rings. The molecule has 9 heteroatoms. The number of nitrogens with one attached hydrogen (secondary N) is 1. The van der Waals surface area contributed by atoms with Crippen molar-refractivity contribution >= 4 is 28.7 Å². The number of aliphatic carboxylic acids is 1. The van der Waals surface area contributed by atoms with Crippen LogP contribution in [0.25, 0.3) is 10.9 Å². The van der Waals surface area contributed by atoms with Crippen LogP contribution in [-0.4, -0.2) is 47.1 Å². The summed E-state index contributed by atoms with van der Waals surface area (Å²) in [6, 6.07) is 10.2. The van der Waals surface area contributed by atoms with Gasteiger partial charge in [0, 0.05) is 18.0 Å². The number of rotatable bonds is 8. The number of pyridine rings is 1. The molecular weight excluding hydrogens is 338 g/mol. The fourth-order valence-electron chi connectivity index (χ4n) is 2.12. The molecule has 1 atom stereocenters. The zero-order valence-corrected chi connectivity index (χ0v) is 14.1. The summed E-state index contributed by atoms with van der Waals surface area (Å²) in [5.74, 6) is -1.26. The first-order valence-electron chi connectivity index (χ1n) is 8.02. The van der Waals surface area contributed by atoms with Gasteiger partial charge >= 0.3 is 5.97 Å². The fraction of sp³-hybridized carbons (Fsp3) is 0.294. The number of benzene rings is 1. The Morgan fingerprint density at radius 1 is 1.27 bits per heavy atom. The van der Waals surface area contributed by atoms with E-state index in [0.29, 0.717) is 12.3 Å². The summed E-state index contributed by atoms with van der Waals surface area (Å²) in [6.07, 6.45) is 0.721. The normalized spacial score (nSPS) is 12.6. The lowest BCUT2D eigenvalue weighted by molar-refractivity contribution is -0.138. The van der Waals surface area contributed by atoms with Crippen LogP contribution in [0.1, 0.15) is 12.8 Å². The predicted octanol–water partition coefficient (Wildman–Crippen LogP) is 0.237. The van der Waals surface area contributed by atoms with Gasteiger partial charge in [0.15, 0.2) is 12.6 Å². The minimum Gasteiger partial charge on any atom is -0.480 e. The third-order valence-electron chi connectivity index (χ3n) is 3.46. The fourth-order valence-corrected chi connectivity index (χ4v) is 2.12. The quantitative estimate of drug-likeness (QED) is 0.299. The van der Waals surface area contributed by atoms with Crippen molar-refractivity contribution in [1.29, 1.82) is 0 Å². The molecule has 2 rings (SSSR count). The number of hydrogen-bond donors (Lipinski definition) is 4. The van der Waals surface area contributed by atoms with Crippen molar-refractivity contribution in [1.82, 2.24) is 10.3 Å². The van der Waals surface area contributed by atoms with Crippen molar-refractivity contribution in [2.75, 3.05) is 13.2 Å². The van der Waals surface area contributed by atoms with Crippen molar-refractivity contribution in [3.05, 3.63) is 36.4 Å². The zero-order chi connectivity index (χ0) is 18.9. The highest BCUT2D eigenvalue weighted by atomic mass is 16.5. The second-order valence-electron chi connectivity index (χ2n) is 5.53. The Balaban J connectivity index is 1.74. The Morgan fingerprint density at radius 2 is 2.04 bits per heavy atom. The van der Waals surface area contributed by atoms with Crippen molar-refractivity contribution in [2.45, 2.75) is 18.9 Å². The maximum atomic E-state index is 11.8. The van der Waals surface area contributed by atoms with Crippen LogP contribution in [0.2, 0.25) is 0 Å². The number of carbonyl (C=O) groups excluding carboxylic acids is 1. The van der Waals surface area contributed by atoms with Gasteiger partial charge in [0.05, 0.1) is 5.52 Å². The highest BCUT2D eigenvalue weighted by Gasteiger charge is 2.10. The van der Waals surface area contributed by atoms with E-state index in [4.69, 9.17) is 21.3 Å². The number of guanidine groups is 1. The Hall–Kier alpha value is -3.20. The number of amides is 1. The number of carbonyl (C=O) groups is 2. The summed E-state index contributed by atoms with van der Waals surface area (Å²) in [4.78, 5) is 30.6. The smallest absolute Gasteiger partial charge is 0.320 e.